The van der Waals surface area contributed by atoms with Crippen LogP contribution in [0, 0.1) is 0 Å². The van der Waals surface area contributed by atoms with Crippen LogP contribution >= 0.6 is 23.1 Å². The Kier molecular flexibility index (Phi) is 3.79. The Labute approximate surface area is 102 Å². The largest absolute Gasteiger partial charge is 0.271 e. The number of hydrogen-bond acceptors (Lipinski definition) is 6. The molecule has 0 saturated heterocycles. The average molecular weight is 256 g/mol. The van der Waals surface area contributed by atoms with Crippen LogP contribution in [0.2, 0.25) is 5.02 Å². The molecule has 5 nitrogen and oxygen atoms in total. The van der Waals surface area contributed by atoms with Gasteiger partial charge in [0.25, 0.3) is 0 Å². The monoisotopic (exact) mass is 255 g/mol. The molecule has 0 aliphatic rings. The summed E-state index contributed by atoms with van der Waals surface area (Å²) in [6.45, 7) is 0. The molecular weight excluding hydrogens is 246 g/mol. The van der Waals surface area contributed by atoms with Crippen LogP contribution in [0.4, 0.5) is 0 Å². The van der Waals surface area contributed by atoms with Crippen LogP contribution in [0.15, 0.2) is 24.7 Å². The van der Waals surface area contributed by atoms with Crippen LogP contribution < -0.4 is 11.3 Å². The molecule has 2 aromatic rings. The van der Waals surface area contributed by atoms with E-state index in [-0.39, 0.29) is 6.04 Å². The second-order valence-electron chi connectivity index (χ2n) is 3.21. The zero-order valence-electron chi connectivity index (χ0n) is 8.30. The molecular formula is C9H10ClN5S. The zero-order valence-corrected chi connectivity index (χ0v) is 9.87. The third kappa shape index (κ3) is 2.53. The first-order valence-electron chi connectivity index (χ1n) is 4.63. The highest BCUT2D eigenvalue weighted by molar-refractivity contribution is 7.05. The summed E-state index contributed by atoms with van der Waals surface area (Å²) in [6.07, 6.45) is 5.71. The second-order valence-corrected chi connectivity index (χ2v) is 4.43. The molecule has 0 spiro atoms. The summed E-state index contributed by atoms with van der Waals surface area (Å²) in [5.41, 5.74) is 3.73. The van der Waals surface area contributed by atoms with Crippen molar-refractivity contribution in [3.05, 3.63) is 40.1 Å². The summed E-state index contributed by atoms with van der Waals surface area (Å²) < 4.78 is 3.81. The maximum Gasteiger partial charge on any atom is 0.0670 e. The van der Waals surface area contributed by atoms with Gasteiger partial charge in [0, 0.05) is 12.4 Å². The first kappa shape index (κ1) is 11.4. The Morgan fingerprint density at radius 1 is 1.50 bits per heavy atom. The number of nitrogens with two attached hydrogens (primary N) is 1. The topological polar surface area (TPSA) is 76.7 Å². The SMILES string of the molecule is NNC(Cc1ccncc1Cl)c1cnns1. The minimum absolute atomic E-state index is 0.0279. The lowest BCUT2D eigenvalue weighted by molar-refractivity contribution is 0.559. The lowest BCUT2D eigenvalue weighted by atomic mass is 10.1. The number of rotatable bonds is 4. The second kappa shape index (κ2) is 5.31. The minimum atomic E-state index is -0.0279. The van der Waals surface area contributed by atoms with E-state index in [1.165, 1.54) is 11.5 Å². The maximum atomic E-state index is 6.03. The van der Waals surface area contributed by atoms with Gasteiger partial charge in [-0.2, -0.15) is 0 Å². The van der Waals surface area contributed by atoms with E-state index in [0.717, 1.165) is 10.4 Å². The first-order chi connectivity index (χ1) is 7.81. The van der Waals surface area contributed by atoms with Gasteiger partial charge in [0.1, 0.15) is 0 Å². The number of aromatic nitrogens is 3. The molecule has 1 atom stereocenters. The van der Waals surface area contributed by atoms with E-state index >= 15 is 0 Å². The third-order valence-corrected chi connectivity index (χ3v) is 3.32. The quantitative estimate of drug-likeness (QED) is 0.637. The van der Waals surface area contributed by atoms with Gasteiger partial charge in [-0.05, 0) is 29.6 Å². The van der Waals surface area contributed by atoms with Gasteiger partial charge in [-0.25, -0.2) is 0 Å². The number of pyridine rings is 1. The molecule has 1 unspecified atom stereocenters. The lowest BCUT2D eigenvalue weighted by Crippen LogP contribution is -2.29. The first-order valence-corrected chi connectivity index (χ1v) is 5.78. The minimum Gasteiger partial charge on any atom is -0.271 e. The predicted molar refractivity (Wildman–Crippen MR) is 62.9 cm³/mol. The van der Waals surface area contributed by atoms with E-state index < -0.39 is 0 Å². The highest BCUT2D eigenvalue weighted by Gasteiger charge is 2.14. The Hall–Kier alpha value is -1.08. The van der Waals surface area contributed by atoms with E-state index in [0.29, 0.717) is 11.4 Å². The van der Waals surface area contributed by atoms with Crippen molar-refractivity contribution in [3.63, 3.8) is 0 Å². The van der Waals surface area contributed by atoms with Gasteiger partial charge < -0.3 is 0 Å². The molecule has 16 heavy (non-hydrogen) atoms. The molecule has 84 valence electrons. The number of nitrogens with one attached hydrogen (secondary N) is 1. The molecule has 0 bridgehead atoms. The maximum absolute atomic E-state index is 6.03. The van der Waals surface area contributed by atoms with Gasteiger partial charge in [-0.1, -0.05) is 16.1 Å². The number of hydrogen-bond donors (Lipinski definition) is 2. The molecule has 2 aromatic heterocycles. The summed E-state index contributed by atoms with van der Waals surface area (Å²) in [7, 11) is 0. The van der Waals surface area contributed by atoms with Crippen molar-refractivity contribution in [2.75, 3.05) is 0 Å². The van der Waals surface area contributed by atoms with Gasteiger partial charge in [0.15, 0.2) is 0 Å². The van der Waals surface area contributed by atoms with Crippen molar-refractivity contribution in [1.29, 1.82) is 0 Å². The van der Waals surface area contributed by atoms with Crippen LogP contribution in [-0.4, -0.2) is 14.6 Å². The lowest BCUT2D eigenvalue weighted by Gasteiger charge is -2.13. The summed E-state index contributed by atoms with van der Waals surface area (Å²) in [5, 5.41) is 4.42. The Bertz CT molecular complexity index is 447. The van der Waals surface area contributed by atoms with Crippen molar-refractivity contribution >= 4 is 23.1 Å². The molecule has 0 amide bonds. The average Bonchev–Trinajstić information content (AvgIpc) is 2.81. The molecule has 0 aliphatic heterocycles. The Balaban J connectivity index is 2.17. The molecule has 0 fully saturated rings. The highest BCUT2D eigenvalue weighted by Crippen LogP contribution is 2.23. The number of halogens is 1. The fraction of sp³-hybridized carbons (Fsp3) is 0.222. The number of nitrogens with zero attached hydrogens (tertiary/aromatic N) is 3. The Morgan fingerprint density at radius 2 is 2.38 bits per heavy atom. The van der Waals surface area contributed by atoms with Crippen molar-refractivity contribution in [2.24, 2.45) is 5.84 Å². The standard InChI is InChI=1S/C9H10ClN5S/c10-7-4-12-2-1-6(7)3-8(14-11)9-5-13-15-16-9/h1-2,4-5,8,14H,3,11H2. The van der Waals surface area contributed by atoms with E-state index in [9.17, 15) is 0 Å². The van der Waals surface area contributed by atoms with E-state index in [1.54, 1.807) is 18.6 Å². The fourth-order valence-electron chi connectivity index (χ4n) is 1.36. The summed E-state index contributed by atoms with van der Waals surface area (Å²) in [6, 6.07) is 1.85. The van der Waals surface area contributed by atoms with Crippen LogP contribution in [0.5, 0.6) is 0 Å². The van der Waals surface area contributed by atoms with Crippen LogP contribution in [0.3, 0.4) is 0 Å². The molecule has 2 rings (SSSR count). The molecule has 0 aliphatic carbocycles. The van der Waals surface area contributed by atoms with Crippen LogP contribution in [-0.2, 0) is 6.42 Å². The zero-order chi connectivity index (χ0) is 11.4. The van der Waals surface area contributed by atoms with E-state index in [4.69, 9.17) is 17.4 Å². The predicted octanol–water partition coefficient (Wildman–Crippen LogP) is 1.33. The summed E-state index contributed by atoms with van der Waals surface area (Å²) in [5.74, 6) is 5.50. The summed E-state index contributed by atoms with van der Waals surface area (Å²) in [4.78, 5) is 4.92. The molecule has 7 heteroatoms. The smallest absolute Gasteiger partial charge is 0.0670 e. The summed E-state index contributed by atoms with van der Waals surface area (Å²) >= 11 is 7.35. The van der Waals surface area contributed by atoms with E-state index in [1.807, 2.05) is 6.07 Å². The highest BCUT2D eigenvalue weighted by atomic mass is 35.5. The van der Waals surface area contributed by atoms with Crippen molar-refractivity contribution in [1.82, 2.24) is 20.0 Å². The Morgan fingerprint density at radius 3 is 3.00 bits per heavy atom. The normalized spacial score (nSPS) is 12.6. The molecule has 2 heterocycles. The van der Waals surface area contributed by atoms with Crippen LogP contribution in [0.1, 0.15) is 16.5 Å². The van der Waals surface area contributed by atoms with Crippen molar-refractivity contribution < 1.29 is 0 Å². The molecule has 0 radical (unpaired) electrons. The van der Waals surface area contributed by atoms with Crippen LogP contribution in [0.25, 0.3) is 0 Å². The molecule has 3 N–H and O–H groups in total. The fourth-order valence-corrected chi connectivity index (χ4v) is 2.12. The number of hydrazine groups is 1. The van der Waals surface area contributed by atoms with Gasteiger partial charge in [-0.3, -0.25) is 16.3 Å². The van der Waals surface area contributed by atoms with Gasteiger partial charge in [0.05, 0.1) is 22.1 Å². The van der Waals surface area contributed by atoms with Crippen molar-refractivity contribution in [2.45, 2.75) is 12.5 Å². The van der Waals surface area contributed by atoms with Gasteiger partial charge >= 0.3 is 0 Å². The third-order valence-electron chi connectivity index (χ3n) is 2.20. The van der Waals surface area contributed by atoms with E-state index in [2.05, 4.69) is 20.0 Å². The van der Waals surface area contributed by atoms with Gasteiger partial charge in [-0.15, -0.1) is 5.10 Å². The van der Waals surface area contributed by atoms with Gasteiger partial charge in [0.2, 0.25) is 0 Å². The molecule has 0 aromatic carbocycles. The van der Waals surface area contributed by atoms with Crippen molar-refractivity contribution in [3.8, 4) is 0 Å². The molecule has 0 saturated carbocycles.